The maximum atomic E-state index is 6.45. The van der Waals surface area contributed by atoms with Gasteiger partial charge in [-0.15, -0.1) is 24.8 Å². The van der Waals surface area contributed by atoms with Gasteiger partial charge >= 0.3 is 0 Å². The summed E-state index contributed by atoms with van der Waals surface area (Å²) in [6.07, 6.45) is 5.98. The fraction of sp³-hybridized carbons (Fsp3) is 0.450. The summed E-state index contributed by atoms with van der Waals surface area (Å²) >= 11 is 6.45. The van der Waals surface area contributed by atoms with E-state index in [1.54, 1.807) is 19.5 Å². The van der Waals surface area contributed by atoms with Crippen LogP contribution < -0.4 is 20.1 Å². The molecule has 2 aromatic rings. The number of aromatic nitrogens is 1. The third-order valence-electron chi connectivity index (χ3n) is 4.62. The van der Waals surface area contributed by atoms with Gasteiger partial charge in [0.05, 0.1) is 12.1 Å². The second kappa shape index (κ2) is 13.1. The largest absolute Gasteiger partial charge is 0.493 e. The minimum Gasteiger partial charge on any atom is -0.493 e. The quantitative estimate of drug-likeness (QED) is 0.632. The molecule has 2 N–H and O–H groups in total. The van der Waals surface area contributed by atoms with Crippen molar-refractivity contribution < 1.29 is 9.47 Å². The SMILES string of the molecule is COc1cc(CNCC2CCNCC2)cc(Cl)c1OCc1cccnc1.Cl.Cl. The van der Waals surface area contributed by atoms with E-state index in [-0.39, 0.29) is 24.8 Å². The number of nitrogens with one attached hydrogen (secondary N) is 2. The van der Waals surface area contributed by atoms with Crippen molar-refractivity contribution in [3.63, 3.8) is 0 Å². The molecule has 1 aromatic carbocycles. The van der Waals surface area contributed by atoms with Crippen molar-refractivity contribution in [2.75, 3.05) is 26.7 Å². The summed E-state index contributed by atoms with van der Waals surface area (Å²) in [6.45, 7) is 4.44. The zero-order valence-electron chi connectivity index (χ0n) is 15.9. The Morgan fingerprint density at radius 1 is 1.21 bits per heavy atom. The number of nitrogens with zero attached hydrogens (tertiary/aromatic N) is 1. The van der Waals surface area contributed by atoms with Crippen molar-refractivity contribution >= 4 is 36.4 Å². The fourth-order valence-electron chi connectivity index (χ4n) is 3.16. The zero-order valence-corrected chi connectivity index (χ0v) is 18.3. The van der Waals surface area contributed by atoms with Gasteiger partial charge in [-0.3, -0.25) is 4.98 Å². The van der Waals surface area contributed by atoms with Crippen LogP contribution in [0.5, 0.6) is 11.5 Å². The topological polar surface area (TPSA) is 55.4 Å². The van der Waals surface area contributed by atoms with Crippen molar-refractivity contribution in [1.82, 2.24) is 15.6 Å². The molecule has 1 aliphatic heterocycles. The van der Waals surface area contributed by atoms with Gasteiger partial charge < -0.3 is 20.1 Å². The Hall–Kier alpha value is -1.24. The molecule has 0 radical (unpaired) electrons. The molecule has 1 saturated heterocycles. The standard InChI is InChI=1S/C20H26ClN3O2.2ClH/c1-25-19-10-17(13-24-11-15-4-7-22-8-5-15)9-18(21)20(19)26-14-16-3-2-6-23-12-16;;/h2-3,6,9-10,12,15,22,24H,4-5,7-8,11,13-14H2,1H3;2*1H. The predicted molar refractivity (Wildman–Crippen MR) is 118 cm³/mol. The summed E-state index contributed by atoms with van der Waals surface area (Å²) < 4.78 is 11.4. The average molecular weight is 449 g/mol. The molecule has 0 saturated carbocycles. The molecule has 8 heteroatoms. The molecule has 156 valence electrons. The van der Waals surface area contributed by atoms with Gasteiger partial charge in [-0.1, -0.05) is 17.7 Å². The maximum Gasteiger partial charge on any atom is 0.180 e. The van der Waals surface area contributed by atoms with Crippen molar-refractivity contribution in [1.29, 1.82) is 0 Å². The maximum absolute atomic E-state index is 6.45. The number of pyridine rings is 1. The first-order chi connectivity index (χ1) is 12.8. The Balaban J connectivity index is 0.00000196. The highest BCUT2D eigenvalue weighted by molar-refractivity contribution is 6.32. The number of benzene rings is 1. The van der Waals surface area contributed by atoms with Gasteiger partial charge in [0.1, 0.15) is 6.61 Å². The lowest BCUT2D eigenvalue weighted by atomic mass is 9.98. The number of hydrogen-bond donors (Lipinski definition) is 2. The molecule has 5 nitrogen and oxygen atoms in total. The number of methoxy groups -OCH3 is 1. The van der Waals surface area contributed by atoms with Crippen LogP contribution in [0.1, 0.15) is 24.0 Å². The van der Waals surface area contributed by atoms with E-state index in [1.165, 1.54) is 12.8 Å². The van der Waals surface area contributed by atoms with Crippen molar-refractivity contribution in [3.8, 4) is 11.5 Å². The molecule has 0 amide bonds. The number of ether oxygens (including phenoxy) is 2. The van der Waals surface area contributed by atoms with Gasteiger partial charge in [0, 0.05) is 24.5 Å². The monoisotopic (exact) mass is 447 g/mol. The van der Waals surface area contributed by atoms with Crippen LogP contribution in [0.3, 0.4) is 0 Å². The second-order valence-electron chi connectivity index (χ2n) is 6.58. The van der Waals surface area contributed by atoms with E-state index in [4.69, 9.17) is 21.1 Å². The lowest BCUT2D eigenvalue weighted by Crippen LogP contribution is -2.33. The third-order valence-corrected chi connectivity index (χ3v) is 4.90. The number of hydrogen-bond acceptors (Lipinski definition) is 5. The average Bonchev–Trinajstić information content (AvgIpc) is 2.68. The minimum atomic E-state index is 0. The Kier molecular flexibility index (Phi) is 11.6. The van der Waals surface area contributed by atoms with Crippen LogP contribution in [-0.2, 0) is 13.2 Å². The van der Waals surface area contributed by atoms with E-state index in [0.717, 1.165) is 43.2 Å². The molecule has 1 aliphatic rings. The predicted octanol–water partition coefficient (Wildman–Crippen LogP) is 4.26. The molecule has 0 unspecified atom stereocenters. The van der Waals surface area contributed by atoms with Crippen molar-refractivity contribution in [2.24, 2.45) is 5.92 Å². The summed E-state index contributed by atoms with van der Waals surface area (Å²) in [5, 5.41) is 7.49. The van der Waals surface area contributed by atoms with E-state index >= 15 is 0 Å². The molecule has 28 heavy (non-hydrogen) atoms. The number of halogens is 3. The first-order valence-corrected chi connectivity index (χ1v) is 9.43. The summed E-state index contributed by atoms with van der Waals surface area (Å²) in [5.74, 6) is 1.97. The normalized spacial score (nSPS) is 13.9. The van der Waals surface area contributed by atoms with E-state index in [9.17, 15) is 0 Å². The van der Waals surface area contributed by atoms with Crippen LogP contribution >= 0.6 is 36.4 Å². The van der Waals surface area contributed by atoms with E-state index in [0.29, 0.717) is 23.1 Å². The van der Waals surface area contributed by atoms with Crippen molar-refractivity contribution in [3.05, 3.63) is 52.8 Å². The Morgan fingerprint density at radius 3 is 2.68 bits per heavy atom. The van der Waals surface area contributed by atoms with Gasteiger partial charge in [-0.05, 0) is 62.2 Å². The van der Waals surface area contributed by atoms with Crippen LogP contribution in [0.2, 0.25) is 5.02 Å². The minimum absolute atomic E-state index is 0. The lowest BCUT2D eigenvalue weighted by Gasteiger charge is -2.23. The summed E-state index contributed by atoms with van der Waals surface area (Å²) in [4.78, 5) is 4.09. The molecule has 0 bridgehead atoms. The van der Waals surface area contributed by atoms with Crippen LogP contribution in [0.25, 0.3) is 0 Å². The van der Waals surface area contributed by atoms with E-state index in [1.807, 2.05) is 24.3 Å². The second-order valence-corrected chi connectivity index (χ2v) is 6.99. The zero-order chi connectivity index (χ0) is 18.2. The van der Waals surface area contributed by atoms with Crippen LogP contribution in [0.4, 0.5) is 0 Å². The van der Waals surface area contributed by atoms with Gasteiger partial charge in [0.15, 0.2) is 11.5 Å². The molecule has 0 atom stereocenters. The molecule has 0 spiro atoms. The van der Waals surface area contributed by atoms with Crippen LogP contribution in [0.15, 0.2) is 36.7 Å². The molecule has 1 fully saturated rings. The smallest absolute Gasteiger partial charge is 0.180 e. The van der Waals surface area contributed by atoms with Gasteiger partial charge in [0.25, 0.3) is 0 Å². The van der Waals surface area contributed by atoms with Crippen LogP contribution in [0, 0.1) is 5.92 Å². The van der Waals surface area contributed by atoms with E-state index < -0.39 is 0 Å². The highest BCUT2D eigenvalue weighted by Crippen LogP contribution is 2.37. The van der Waals surface area contributed by atoms with Gasteiger partial charge in [-0.2, -0.15) is 0 Å². The Morgan fingerprint density at radius 2 is 2.00 bits per heavy atom. The third kappa shape index (κ3) is 7.30. The Bertz CT molecular complexity index is 699. The first kappa shape index (κ1) is 24.8. The highest BCUT2D eigenvalue weighted by Gasteiger charge is 2.14. The highest BCUT2D eigenvalue weighted by atomic mass is 35.5. The number of piperidine rings is 1. The van der Waals surface area contributed by atoms with E-state index in [2.05, 4.69) is 15.6 Å². The molecular weight excluding hydrogens is 421 g/mol. The molecule has 3 rings (SSSR count). The molecule has 1 aromatic heterocycles. The fourth-order valence-corrected chi connectivity index (χ4v) is 3.45. The van der Waals surface area contributed by atoms with Crippen molar-refractivity contribution in [2.45, 2.75) is 26.0 Å². The Labute approximate surface area is 184 Å². The molecule has 0 aliphatic carbocycles. The lowest BCUT2D eigenvalue weighted by molar-refractivity contribution is 0.284. The van der Waals surface area contributed by atoms with Gasteiger partial charge in [-0.25, -0.2) is 0 Å². The molecular formula is C20H28Cl3N3O2. The van der Waals surface area contributed by atoms with Crippen LogP contribution in [-0.4, -0.2) is 31.7 Å². The molecule has 2 heterocycles. The summed E-state index contributed by atoms with van der Waals surface area (Å²) in [7, 11) is 1.63. The number of rotatable bonds is 8. The van der Waals surface area contributed by atoms with Gasteiger partial charge in [0.2, 0.25) is 0 Å². The summed E-state index contributed by atoms with van der Waals surface area (Å²) in [6, 6.07) is 7.78. The summed E-state index contributed by atoms with van der Waals surface area (Å²) in [5.41, 5.74) is 2.08. The first-order valence-electron chi connectivity index (χ1n) is 9.06.